The highest BCUT2D eigenvalue weighted by molar-refractivity contribution is 5.92. The highest BCUT2D eigenvalue weighted by atomic mass is 16.5. The largest absolute Gasteiger partial charge is 0.478 e. The molecule has 0 aromatic heterocycles. The van der Waals surface area contributed by atoms with Crippen molar-refractivity contribution in [2.45, 2.75) is 13.3 Å². The summed E-state index contributed by atoms with van der Waals surface area (Å²) in [7, 11) is 0. The van der Waals surface area contributed by atoms with Crippen LogP contribution in [0.25, 0.3) is 0 Å². The normalized spacial score (nSPS) is 10.6. The lowest BCUT2D eigenvalue weighted by atomic mass is 10.2. The van der Waals surface area contributed by atoms with Gasteiger partial charge in [-0.2, -0.15) is 0 Å². The summed E-state index contributed by atoms with van der Waals surface area (Å²) in [5.41, 5.74) is 0.0156. The van der Waals surface area contributed by atoms with Gasteiger partial charge >= 0.3 is 11.9 Å². The zero-order valence-corrected chi connectivity index (χ0v) is 6.74. The van der Waals surface area contributed by atoms with Gasteiger partial charge in [0.15, 0.2) is 0 Å². The number of esters is 1. The number of hydrogen-bond donors (Lipinski definition) is 1. The molecule has 66 valence electrons. The molecule has 0 atom stereocenters. The fraction of sp³-hybridized carbons (Fsp3) is 0.250. The molecule has 0 aliphatic rings. The van der Waals surface area contributed by atoms with Crippen molar-refractivity contribution in [1.82, 2.24) is 0 Å². The van der Waals surface area contributed by atoms with Crippen LogP contribution < -0.4 is 0 Å². The summed E-state index contributed by atoms with van der Waals surface area (Å²) in [4.78, 5) is 21.1. The van der Waals surface area contributed by atoms with Crippen LogP contribution in [0.4, 0.5) is 0 Å². The predicted molar refractivity (Wildman–Crippen MR) is 42.3 cm³/mol. The maximum atomic E-state index is 10.7. The van der Waals surface area contributed by atoms with Gasteiger partial charge < -0.3 is 9.84 Å². The molecule has 0 aromatic carbocycles. The van der Waals surface area contributed by atoms with E-state index >= 15 is 0 Å². The van der Waals surface area contributed by atoms with Crippen molar-refractivity contribution >= 4 is 11.9 Å². The van der Waals surface area contributed by atoms with E-state index in [1.807, 2.05) is 0 Å². The summed E-state index contributed by atoms with van der Waals surface area (Å²) in [5, 5.41) is 8.49. The van der Waals surface area contributed by atoms with Gasteiger partial charge in [0.25, 0.3) is 0 Å². The van der Waals surface area contributed by atoms with Crippen LogP contribution in [0.5, 0.6) is 0 Å². The number of allylic oxidation sites excluding steroid dienone is 1. The molecule has 0 saturated carbocycles. The molecule has 0 fully saturated rings. The van der Waals surface area contributed by atoms with Crippen LogP contribution in [0.2, 0.25) is 0 Å². The minimum Gasteiger partial charge on any atom is -0.478 e. The SMILES string of the molecule is C=COC(=O)C/C(=C\C)C(=O)O. The van der Waals surface area contributed by atoms with Crippen molar-refractivity contribution < 1.29 is 19.4 Å². The average Bonchev–Trinajstić information content (AvgIpc) is 2.00. The molecule has 0 aromatic rings. The van der Waals surface area contributed by atoms with Gasteiger partial charge in [0, 0.05) is 5.57 Å². The van der Waals surface area contributed by atoms with Gasteiger partial charge in [0.2, 0.25) is 0 Å². The van der Waals surface area contributed by atoms with E-state index in [2.05, 4.69) is 11.3 Å². The zero-order chi connectivity index (χ0) is 9.56. The Labute approximate surface area is 70.1 Å². The fourth-order valence-electron chi connectivity index (χ4n) is 0.591. The Balaban J connectivity index is 4.13. The van der Waals surface area contributed by atoms with E-state index in [1.54, 1.807) is 6.92 Å². The van der Waals surface area contributed by atoms with Gasteiger partial charge in [0.05, 0.1) is 12.7 Å². The molecule has 4 nitrogen and oxygen atoms in total. The molecule has 0 spiro atoms. The number of ether oxygens (including phenoxy) is 1. The van der Waals surface area contributed by atoms with Crippen LogP contribution in [0, 0.1) is 0 Å². The Morgan fingerprint density at radius 1 is 1.58 bits per heavy atom. The molecule has 0 bridgehead atoms. The van der Waals surface area contributed by atoms with Crippen LogP contribution in [-0.4, -0.2) is 17.0 Å². The van der Waals surface area contributed by atoms with Gasteiger partial charge in [-0.15, -0.1) is 0 Å². The molecule has 0 heterocycles. The lowest BCUT2D eigenvalue weighted by Crippen LogP contribution is -2.07. The van der Waals surface area contributed by atoms with Gasteiger partial charge in [-0.1, -0.05) is 12.7 Å². The second kappa shape index (κ2) is 5.12. The molecule has 0 radical (unpaired) electrons. The minimum atomic E-state index is -1.11. The molecule has 0 saturated heterocycles. The first-order chi connectivity index (χ1) is 5.61. The number of hydrogen-bond acceptors (Lipinski definition) is 3. The van der Waals surface area contributed by atoms with Crippen LogP contribution in [0.1, 0.15) is 13.3 Å². The van der Waals surface area contributed by atoms with Crippen molar-refractivity contribution in [3.63, 3.8) is 0 Å². The lowest BCUT2D eigenvalue weighted by molar-refractivity contribution is -0.140. The summed E-state index contributed by atoms with van der Waals surface area (Å²) in [6.45, 7) is 4.71. The fourth-order valence-corrected chi connectivity index (χ4v) is 0.591. The Bertz CT molecular complexity index is 227. The van der Waals surface area contributed by atoms with Gasteiger partial charge in [0.1, 0.15) is 0 Å². The van der Waals surface area contributed by atoms with Crippen LogP contribution in [-0.2, 0) is 14.3 Å². The highest BCUT2D eigenvalue weighted by Gasteiger charge is 2.11. The predicted octanol–water partition coefficient (Wildman–Crippen LogP) is 1.09. The smallest absolute Gasteiger partial charge is 0.331 e. The van der Waals surface area contributed by atoms with Crippen molar-refractivity contribution in [2.24, 2.45) is 0 Å². The molecule has 12 heavy (non-hydrogen) atoms. The topological polar surface area (TPSA) is 63.6 Å². The first-order valence-corrected chi connectivity index (χ1v) is 3.30. The summed E-state index contributed by atoms with van der Waals surface area (Å²) >= 11 is 0. The van der Waals surface area contributed by atoms with Crippen molar-refractivity contribution in [3.05, 3.63) is 24.5 Å². The van der Waals surface area contributed by atoms with Crippen molar-refractivity contribution in [2.75, 3.05) is 0 Å². The Kier molecular flexibility index (Phi) is 4.45. The monoisotopic (exact) mass is 170 g/mol. The summed E-state index contributed by atoms with van der Waals surface area (Å²) in [6, 6.07) is 0. The number of carbonyl (C=O) groups is 2. The van der Waals surface area contributed by atoms with E-state index in [9.17, 15) is 9.59 Å². The van der Waals surface area contributed by atoms with Crippen molar-refractivity contribution in [3.8, 4) is 0 Å². The number of carboxylic acids is 1. The maximum Gasteiger partial charge on any atom is 0.331 e. The third kappa shape index (κ3) is 3.55. The Hall–Kier alpha value is -1.58. The minimum absolute atomic E-state index is 0.0156. The number of carbonyl (C=O) groups excluding carboxylic acids is 1. The number of aliphatic carboxylic acids is 1. The maximum absolute atomic E-state index is 10.7. The van der Waals surface area contributed by atoms with E-state index in [-0.39, 0.29) is 12.0 Å². The van der Waals surface area contributed by atoms with Crippen LogP contribution in [0.15, 0.2) is 24.5 Å². The second-order valence-corrected chi connectivity index (χ2v) is 1.95. The van der Waals surface area contributed by atoms with E-state index in [0.29, 0.717) is 0 Å². The van der Waals surface area contributed by atoms with Gasteiger partial charge in [-0.25, -0.2) is 4.79 Å². The molecular formula is C8H10O4. The molecule has 0 aliphatic carbocycles. The lowest BCUT2D eigenvalue weighted by Gasteiger charge is -1.98. The average molecular weight is 170 g/mol. The quantitative estimate of drug-likeness (QED) is 0.389. The van der Waals surface area contributed by atoms with Crippen LogP contribution in [0.3, 0.4) is 0 Å². The van der Waals surface area contributed by atoms with Gasteiger partial charge in [-0.3, -0.25) is 4.79 Å². The summed E-state index contributed by atoms with van der Waals surface area (Å²) < 4.78 is 4.35. The standard InChI is InChI=1S/C8H10O4/c1-3-6(8(10)11)5-7(9)12-4-2/h3-4H,2,5H2,1H3,(H,10,11)/b6-3+. The first-order valence-electron chi connectivity index (χ1n) is 3.30. The summed E-state index contributed by atoms with van der Waals surface area (Å²) in [6.07, 6.45) is 2.09. The zero-order valence-electron chi connectivity index (χ0n) is 6.74. The van der Waals surface area contributed by atoms with Crippen molar-refractivity contribution in [1.29, 1.82) is 0 Å². The summed E-state index contributed by atoms with van der Waals surface area (Å²) in [5.74, 6) is -1.74. The third-order valence-corrected chi connectivity index (χ3v) is 1.17. The Morgan fingerprint density at radius 2 is 2.17 bits per heavy atom. The number of carboxylic acid groups (broad SMARTS) is 1. The molecule has 0 unspecified atom stereocenters. The van der Waals surface area contributed by atoms with E-state index < -0.39 is 11.9 Å². The van der Waals surface area contributed by atoms with Gasteiger partial charge in [-0.05, 0) is 6.92 Å². The molecule has 0 amide bonds. The second-order valence-electron chi connectivity index (χ2n) is 1.95. The highest BCUT2D eigenvalue weighted by Crippen LogP contribution is 2.02. The van der Waals surface area contributed by atoms with E-state index in [1.165, 1.54) is 6.08 Å². The number of rotatable bonds is 4. The first kappa shape index (κ1) is 10.4. The van der Waals surface area contributed by atoms with E-state index in [0.717, 1.165) is 6.26 Å². The molecule has 0 rings (SSSR count). The molecule has 4 heteroatoms. The van der Waals surface area contributed by atoms with E-state index in [4.69, 9.17) is 5.11 Å². The van der Waals surface area contributed by atoms with Crippen LogP contribution >= 0.6 is 0 Å². The molecule has 0 aliphatic heterocycles. The Morgan fingerprint density at radius 3 is 2.50 bits per heavy atom. The molecular weight excluding hydrogens is 160 g/mol. The molecule has 1 N–H and O–H groups in total. The third-order valence-electron chi connectivity index (χ3n) is 1.17.